The van der Waals surface area contributed by atoms with E-state index in [0.717, 1.165) is 18.4 Å². The molecule has 0 spiro atoms. The topological polar surface area (TPSA) is 59.2 Å². The molecule has 1 amide bonds. The molecule has 1 saturated heterocycles. The van der Waals surface area contributed by atoms with Gasteiger partial charge in [0.1, 0.15) is 5.82 Å². The fourth-order valence-corrected chi connectivity index (χ4v) is 3.43. The van der Waals surface area contributed by atoms with Gasteiger partial charge in [-0.25, -0.2) is 4.39 Å². The highest BCUT2D eigenvalue weighted by Crippen LogP contribution is 2.24. The van der Waals surface area contributed by atoms with Crippen molar-refractivity contribution in [3.63, 3.8) is 0 Å². The summed E-state index contributed by atoms with van der Waals surface area (Å²) >= 11 is 0. The summed E-state index contributed by atoms with van der Waals surface area (Å²) in [5.74, 6) is 1.12. The quantitative estimate of drug-likeness (QED) is 0.702. The van der Waals surface area contributed by atoms with Crippen LogP contribution in [0.1, 0.15) is 29.1 Å². The molecule has 0 aliphatic carbocycles. The van der Waals surface area contributed by atoms with Crippen LogP contribution in [0.2, 0.25) is 0 Å². The SMILES string of the molecule is O=C(c1cccc(F)c1)N1CCC(Cc2nc(-c3ccccc3)no2)CC1. The molecule has 0 saturated carbocycles. The van der Waals surface area contributed by atoms with Crippen molar-refractivity contribution in [3.05, 3.63) is 71.9 Å². The first kappa shape index (κ1) is 17.4. The average Bonchev–Trinajstić information content (AvgIpc) is 3.17. The van der Waals surface area contributed by atoms with Crippen LogP contribution < -0.4 is 0 Å². The maximum absolute atomic E-state index is 13.3. The fraction of sp³-hybridized carbons (Fsp3) is 0.286. The lowest BCUT2D eigenvalue weighted by atomic mass is 9.93. The molecule has 0 N–H and O–H groups in total. The van der Waals surface area contributed by atoms with Gasteiger partial charge in [0.2, 0.25) is 11.7 Å². The van der Waals surface area contributed by atoms with E-state index < -0.39 is 0 Å². The molecule has 27 heavy (non-hydrogen) atoms. The Balaban J connectivity index is 1.33. The molecule has 0 bridgehead atoms. The van der Waals surface area contributed by atoms with Crippen LogP contribution in [-0.4, -0.2) is 34.0 Å². The summed E-state index contributed by atoms with van der Waals surface area (Å²) in [7, 11) is 0. The van der Waals surface area contributed by atoms with Crippen molar-refractivity contribution in [2.75, 3.05) is 13.1 Å². The van der Waals surface area contributed by atoms with Crippen molar-refractivity contribution in [2.24, 2.45) is 5.92 Å². The summed E-state index contributed by atoms with van der Waals surface area (Å²) in [6, 6.07) is 15.6. The Labute approximate surface area is 156 Å². The average molecular weight is 365 g/mol. The molecule has 4 rings (SSSR count). The third-order valence-corrected chi connectivity index (χ3v) is 4.94. The maximum atomic E-state index is 13.3. The number of nitrogens with zero attached hydrogens (tertiary/aromatic N) is 3. The summed E-state index contributed by atoms with van der Waals surface area (Å²) in [5, 5.41) is 4.06. The molecule has 0 radical (unpaired) electrons. The van der Waals surface area contributed by atoms with Gasteiger partial charge in [0.15, 0.2) is 0 Å². The number of amides is 1. The normalized spacial score (nSPS) is 15.1. The van der Waals surface area contributed by atoms with Crippen LogP contribution in [0.15, 0.2) is 59.1 Å². The lowest BCUT2D eigenvalue weighted by Gasteiger charge is -2.31. The first-order valence-corrected chi connectivity index (χ1v) is 9.12. The number of carbonyl (C=O) groups is 1. The van der Waals surface area contributed by atoms with E-state index in [1.807, 2.05) is 30.3 Å². The number of piperidine rings is 1. The summed E-state index contributed by atoms with van der Waals surface area (Å²) in [5.41, 5.74) is 1.33. The molecule has 5 nitrogen and oxygen atoms in total. The van der Waals surface area contributed by atoms with Gasteiger partial charge in [0, 0.05) is 30.6 Å². The highest BCUT2D eigenvalue weighted by Gasteiger charge is 2.25. The highest BCUT2D eigenvalue weighted by atomic mass is 19.1. The van der Waals surface area contributed by atoms with Crippen LogP contribution in [-0.2, 0) is 6.42 Å². The van der Waals surface area contributed by atoms with Gasteiger partial charge in [0.05, 0.1) is 0 Å². The number of likely N-dealkylation sites (tertiary alicyclic amines) is 1. The predicted molar refractivity (Wildman–Crippen MR) is 98.5 cm³/mol. The van der Waals surface area contributed by atoms with Crippen LogP contribution in [0.4, 0.5) is 4.39 Å². The van der Waals surface area contributed by atoms with E-state index >= 15 is 0 Å². The number of rotatable bonds is 4. The van der Waals surface area contributed by atoms with Crippen LogP contribution in [0.5, 0.6) is 0 Å². The minimum absolute atomic E-state index is 0.114. The molecule has 2 heterocycles. The van der Waals surface area contributed by atoms with Crippen LogP contribution in [0.3, 0.4) is 0 Å². The lowest BCUT2D eigenvalue weighted by Crippen LogP contribution is -2.39. The maximum Gasteiger partial charge on any atom is 0.253 e. The number of hydrogen-bond acceptors (Lipinski definition) is 4. The molecule has 0 atom stereocenters. The summed E-state index contributed by atoms with van der Waals surface area (Å²) in [6.07, 6.45) is 2.44. The van der Waals surface area contributed by atoms with Gasteiger partial charge in [-0.3, -0.25) is 4.79 Å². The van der Waals surface area contributed by atoms with E-state index in [-0.39, 0.29) is 11.7 Å². The van der Waals surface area contributed by atoms with E-state index in [1.54, 1.807) is 17.0 Å². The molecule has 1 fully saturated rings. The molecule has 0 unspecified atom stereocenters. The van der Waals surface area contributed by atoms with E-state index in [2.05, 4.69) is 10.1 Å². The second-order valence-electron chi connectivity index (χ2n) is 6.83. The minimum atomic E-state index is -0.388. The first-order chi connectivity index (χ1) is 13.2. The Morgan fingerprint density at radius 3 is 2.63 bits per heavy atom. The predicted octanol–water partition coefficient (Wildman–Crippen LogP) is 3.97. The molecular weight excluding hydrogens is 345 g/mol. The van der Waals surface area contributed by atoms with E-state index in [0.29, 0.717) is 42.7 Å². The molecule has 2 aromatic carbocycles. The monoisotopic (exact) mass is 365 g/mol. The van der Waals surface area contributed by atoms with Crippen molar-refractivity contribution in [1.29, 1.82) is 0 Å². The van der Waals surface area contributed by atoms with Crippen molar-refractivity contribution < 1.29 is 13.7 Å². The lowest BCUT2D eigenvalue weighted by molar-refractivity contribution is 0.0687. The molecule has 1 aliphatic rings. The van der Waals surface area contributed by atoms with Crippen LogP contribution >= 0.6 is 0 Å². The van der Waals surface area contributed by atoms with Gasteiger partial charge in [0.25, 0.3) is 5.91 Å². The number of aromatic nitrogens is 2. The molecule has 3 aromatic rings. The summed E-state index contributed by atoms with van der Waals surface area (Å²) in [4.78, 5) is 18.8. The van der Waals surface area contributed by atoms with Crippen LogP contribution in [0.25, 0.3) is 11.4 Å². The zero-order chi connectivity index (χ0) is 18.6. The summed E-state index contributed by atoms with van der Waals surface area (Å²) < 4.78 is 18.7. The Hall–Kier alpha value is -3.02. The van der Waals surface area contributed by atoms with Crippen LogP contribution in [0, 0.1) is 11.7 Å². The van der Waals surface area contributed by atoms with Gasteiger partial charge < -0.3 is 9.42 Å². The first-order valence-electron chi connectivity index (χ1n) is 9.12. The third-order valence-electron chi connectivity index (χ3n) is 4.94. The zero-order valence-electron chi connectivity index (χ0n) is 14.8. The van der Waals surface area contributed by atoms with Gasteiger partial charge in [-0.2, -0.15) is 4.98 Å². The van der Waals surface area contributed by atoms with Crippen molar-refractivity contribution >= 4 is 5.91 Å². The second-order valence-corrected chi connectivity index (χ2v) is 6.83. The number of halogens is 1. The number of benzene rings is 2. The molecule has 1 aliphatic heterocycles. The largest absolute Gasteiger partial charge is 0.339 e. The zero-order valence-corrected chi connectivity index (χ0v) is 14.8. The Bertz CT molecular complexity index is 918. The van der Waals surface area contributed by atoms with Crippen molar-refractivity contribution in [3.8, 4) is 11.4 Å². The van der Waals surface area contributed by atoms with Gasteiger partial charge in [-0.05, 0) is 37.0 Å². The standard InChI is InChI=1S/C21H20FN3O2/c22-18-8-4-7-17(14-18)21(26)25-11-9-15(10-12-25)13-19-23-20(24-27-19)16-5-2-1-3-6-16/h1-8,14-15H,9-13H2. The van der Waals surface area contributed by atoms with E-state index in [1.165, 1.54) is 12.1 Å². The van der Waals surface area contributed by atoms with Gasteiger partial charge in [-0.15, -0.1) is 0 Å². The number of hydrogen-bond donors (Lipinski definition) is 0. The molecule has 138 valence electrons. The number of carbonyl (C=O) groups excluding carboxylic acids is 1. The Kier molecular flexibility index (Phi) is 4.96. The van der Waals surface area contributed by atoms with Gasteiger partial charge in [-0.1, -0.05) is 41.6 Å². The van der Waals surface area contributed by atoms with Gasteiger partial charge >= 0.3 is 0 Å². The Morgan fingerprint density at radius 1 is 1.11 bits per heavy atom. The second kappa shape index (κ2) is 7.70. The fourth-order valence-electron chi connectivity index (χ4n) is 3.43. The van der Waals surface area contributed by atoms with Crippen molar-refractivity contribution in [2.45, 2.75) is 19.3 Å². The molecule has 1 aromatic heterocycles. The molecule has 6 heteroatoms. The highest BCUT2D eigenvalue weighted by molar-refractivity contribution is 5.94. The van der Waals surface area contributed by atoms with E-state index in [4.69, 9.17) is 4.52 Å². The molecular formula is C21H20FN3O2. The smallest absolute Gasteiger partial charge is 0.253 e. The Morgan fingerprint density at radius 2 is 1.89 bits per heavy atom. The third kappa shape index (κ3) is 4.05. The van der Waals surface area contributed by atoms with E-state index in [9.17, 15) is 9.18 Å². The van der Waals surface area contributed by atoms with Crippen molar-refractivity contribution in [1.82, 2.24) is 15.0 Å². The summed E-state index contributed by atoms with van der Waals surface area (Å²) in [6.45, 7) is 1.30. The minimum Gasteiger partial charge on any atom is -0.339 e.